The van der Waals surface area contributed by atoms with Crippen LogP contribution in [0.2, 0.25) is 0 Å². The monoisotopic (exact) mass is 273 g/mol. The Hall–Kier alpha value is -1.79. The number of rotatable bonds is 3. The topological polar surface area (TPSA) is 49.3 Å². The molecule has 0 radical (unpaired) electrons. The summed E-state index contributed by atoms with van der Waals surface area (Å²) >= 11 is 0. The fourth-order valence-corrected chi connectivity index (χ4v) is 1.73. The Morgan fingerprint density at radius 1 is 1.35 bits per heavy atom. The fourth-order valence-electron chi connectivity index (χ4n) is 1.73. The number of amides is 1. The highest BCUT2D eigenvalue weighted by atomic mass is 16.2. The quantitative estimate of drug-likeness (QED) is 0.831. The molecule has 0 spiro atoms. The predicted molar refractivity (Wildman–Crippen MR) is 82.5 cm³/mol. The highest BCUT2D eigenvalue weighted by molar-refractivity contribution is 5.92. The van der Waals surface area contributed by atoms with Crippen molar-refractivity contribution >= 4 is 11.6 Å². The van der Waals surface area contributed by atoms with Crippen LogP contribution in [0.15, 0.2) is 18.2 Å². The van der Waals surface area contributed by atoms with E-state index in [1.165, 1.54) is 0 Å². The van der Waals surface area contributed by atoms with Crippen molar-refractivity contribution in [2.45, 2.75) is 40.5 Å². The number of benzene rings is 1. The summed E-state index contributed by atoms with van der Waals surface area (Å²) in [6.07, 6.45) is 0.937. The van der Waals surface area contributed by atoms with Crippen molar-refractivity contribution in [3.63, 3.8) is 0 Å². The molecule has 2 N–H and O–H groups in total. The SMILES string of the molecule is Cc1ccc(C#CCCO)cc1NC(=O)CC(C)(C)C. The van der Waals surface area contributed by atoms with E-state index in [2.05, 4.69) is 17.2 Å². The fraction of sp³-hybridized carbons (Fsp3) is 0.471. The molecule has 0 aliphatic carbocycles. The molecule has 0 saturated heterocycles. The molecule has 0 fully saturated rings. The molecule has 1 amide bonds. The van der Waals surface area contributed by atoms with Crippen LogP contribution >= 0.6 is 0 Å². The third kappa shape index (κ3) is 5.90. The average Bonchev–Trinajstić information content (AvgIpc) is 2.31. The third-order valence-electron chi connectivity index (χ3n) is 2.67. The van der Waals surface area contributed by atoms with Crippen molar-refractivity contribution in [3.05, 3.63) is 29.3 Å². The molecule has 0 aliphatic rings. The van der Waals surface area contributed by atoms with Crippen LogP contribution in [0.3, 0.4) is 0 Å². The first kappa shape index (κ1) is 16.3. The summed E-state index contributed by atoms with van der Waals surface area (Å²) < 4.78 is 0. The normalized spacial score (nSPS) is 10.7. The van der Waals surface area contributed by atoms with Gasteiger partial charge in [-0.15, -0.1) is 0 Å². The molecule has 3 heteroatoms. The van der Waals surface area contributed by atoms with Crippen molar-refractivity contribution in [1.29, 1.82) is 0 Å². The summed E-state index contributed by atoms with van der Waals surface area (Å²) in [6, 6.07) is 5.73. The lowest BCUT2D eigenvalue weighted by molar-refractivity contribution is -0.117. The zero-order valence-electron chi connectivity index (χ0n) is 12.7. The molecule has 108 valence electrons. The smallest absolute Gasteiger partial charge is 0.224 e. The second kappa shape index (κ2) is 7.12. The lowest BCUT2D eigenvalue weighted by atomic mass is 9.92. The van der Waals surface area contributed by atoms with Crippen LogP contribution in [-0.4, -0.2) is 17.6 Å². The van der Waals surface area contributed by atoms with Gasteiger partial charge >= 0.3 is 0 Å². The van der Waals surface area contributed by atoms with E-state index < -0.39 is 0 Å². The van der Waals surface area contributed by atoms with E-state index in [4.69, 9.17) is 5.11 Å². The van der Waals surface area contributed by atoms with Crippen molar-refractivity contribution in [1.82, 2.24) is 0 Å². The minimum Gasteiger partial charge on any atom is -0.395 e. The molecule has 3 nitrogen and oxygen atoms in total. The minimum absolute atomic E-state index is 0.0149. The first-order valence-corrected chi connectivity index (χ1v) is 6.82. The van der Waals surface area contributed by atoms with Crippen LogP contribution in [0.1, 0.15) is 44.7 Å². The van der Waals surface area contributed by atoms with E-state index >= 15 is 0 Å². The molecule has 0 unspecified atom stereocenters. The third-order valence-corrected chi connectivity index (χ3v) is 2.67. The van der Waals surface area contributed by atoms with Gasteiger partial charge in [-0.25, -0.2) is 0 Å². The van der Waals surface area contributed by atoms with Gasteiger partial charge in [-0.1, -0.05) is 38.7 Å². The van der Waals surface area contributed by atoms with E-state index in [1.54, 1.807) is 0 Å². The molecular weight excluding hydrogens is 250 g/mol. The Morgan fingerprint density at radius 2 is 2.05 bits per heavy atom. The van der Waals surface area contributed by atoms with Crippen molar-refractivity contribution < 1.29 is 9.90 Å². The Balaban J connectivity index is 2.82. The van der Waals surface area contributed by atoms with Crippen LogP contribution in [0.5, 0.6) is 0 Å². The van der Waals surface area contributed by atoms with Gasteiger partial charge in [0.05, 0.1) is 6.61 Å². The van der Waals surface area contributed by atoms with Gasteiger partial charge < -0.3 is 10.4 Å². The standard InChI is InChI=1S/C17H23NO2/c1-13-8-9-14(7-5-6-10-19)11-15(13)18-16(20)12-17(2,3)4/h8-9,11,19H,6,10,12H2,1-4H3,(H,18,20). The number of aliphatic hydroxyl groups excluding tert-OH is 1. The first-order chi connectivity index (χ1) is 9.31. The summed E-state index contributed by atoms with van der Waals surface area (Å²) in [4.78, 5) is 12.0. The van der Waals surface area contributed by atoms with Crippen molar-refractivity contribution in [3.8, 4) is 11.8 Å². The Kier molecular flexibility index (Phi) is 5.79. The zero-order chi connectivity index (χ0) is 15.2. The molecule has 0 bridgehead atoms. The lowest BCUT2D eigenvalue weighted by Crippen LogP contribution is -2.20. The van der Waals surface area contributed by atoms with E-state index in [9.17, 15) is 4.79 Å². The van der Waals surface area contributed by atoms with Crippen molar-refractivity contribution in [2.24, 2.45) is 5.41 Å². The van der Waals surface area contributed by atoms with Gasteiger partial charge in [0.15, 0.2) is 0 Å². The molecule has 1 rings (SSSR count). The summed E-state index contributed by atoms with van der Waals surface area (Å²) in [5.74, 6) is 5.87. The molecule has 0 atom stereocenters. The van der Waals surface area contributed by atoms with Gasteiger partial charge in [0.1, 0.15) is 0 Å². The summed E-state index contributed by atoms with van der Waals surface area (Å²) in [7, 11) is 0. The minimum atomic E-state index is -0.0312. The number of aryl methyl sites for hydroxylation is 1. The predicted octanol–water partition coefficient (Wildman–Crippen LogP) is 3.10. The van der Waals surface area contributed by atoms with Crippen LogP contribution in [0, 0.1) is 24.2 Å². The van der Waals surface area contributed by atoms with E-state index in [0.29, 0.717) is 12.8 Å². The maximum absolute atomic E-state index is 12.0. The maximum atomic E-state index is 12.0. The van der Waals surface area contributed by atoms with Gasteiger partial charge in [0, 0.05) is 24.1 Å². The Labute approximate surface area is 121 Å². The number of anilines is 1. The van der Waals surface area contributed by atoms with E-state index in [0.717, 1.165) is 16.8 Å². The Bertz CT molecular complexity index is 530. The van der Waals surface area contributed by atoms with Gasteiger partial charge in [0.2, 0.25) is 5.91 Å². The molecule has 1 aromatic carbocycles. The summed E-state index contributed by atoms with van der Waals surface area (Å²) in [5.41, 5.74) is 2.63. The lowest BCUT2D eigenvalue weighted by Gasteiger charge is -2.18. The molecule has 1 aromatic rings. The summed E-state index contributed by atoms with van der Waals surface area (Å²) in [5, 5.41) is 11.7. The van der Waals surface area contributed by atoms with Crippen molar-refractivity contribution in [2.75, 3.05) is 11.9 Å². The zero-order valence-corrected chi connectivity index (χ0v) is 12.7. The highest BCUT2D eigenvalue weighted by Gasteiger charge is 2.16. The van der Waals surface area contributed by atoms with E-state index in [1.807, 2.05) is 45.9 Å². The molecule has 0 saturated carbocycles. The van der Waals surface area contributed by atoms with E-state index in [-0.39, 0.29) is 17.9 Å². The second-order valence-corrected chi connectivity index (χ2v) is 6.09. The Morgan fingerprint density at radius 3 is 2.65 bits per heavy atom. The number of hydrogen-bond donors (Lipinski definition) is 2. The van der Waals surface area contributed by atoms with Crippen LogP contribution in [0.4, 0.5) is 5.69 Å². The number of carbonyl (C=O) groups excluding carboxylic acids is 1. The highest BCUT2D eigenvalue weighted by Crippen LogP contribution is 2.21. The molecule has 0 aliphatic heterocycles. The molecule has 20 heavy (non-hydrogen) atoms. The molecule has 0 heterocycles. The van der Waals surface area contributed by atoms with Gasteiger partial charge in [-0.3, -0.25) is 4.79 Å². The van der Waals surface area contributed by atoms with Crippen LogP contribution in [0.25, 0.3) is 0 Å². The molecular formula is C17H23NO2. The van der Waals surface area contributed by atoms with Gasteiger partial charge in [-0.05, 0) is 30.0 Å². The summed E-state index contributed by atoms with van der Waals surface area (Å²) in [6.45, 7) is 8.13. The number of aliphatic hydroxyl groups is 1. The van der Waals surface area contributed by atoms with Gasteiger partial charge in [0.25, 0.3) is 0 Å². The second-order valence-electron chi connectivity index (χ2n) is 6.09. The largest absolute Gasteiger partial charge is 0.395 e. The first-order valence-electron chi connectivity index (χ1n) is 6.82. The molecule has 0 aromatic heterocycles. The number of nitrogens with one attached hydrogen (secondary N) is 1. The average molecular weight is 273 g/mol. The van der Waals surface area contributed by atoms with Gasteiger partial charge in [-0.2, -0.15) is 0 Å². The maximum Gasteiger partial charge on any atom is 0.224 e. The van der Waals surface area contributed by atoms with Crippen LogP contribution < -0.4 is 5.32 Å². The number of hydrogen-bond acceptors (Lipinski definition) is 2. The van der Waals surface area contributed by atoms with Crippen LogP contribution in [-0.2, 0) is 4.79 Å². The number of carbonyl (C=O) groups is 1.